The molecule has 1 heteroatoms. The van der Waals surface area contributed by atoms with Gasteiger partial charge in [-0.05, 0) is 19.8 Å². The van der Waals surface area contributed by atoms with Crippen molar-refractivity contribution in [2.45, 2.75) is 19.8 Å². The normalized spacial score (nSPS) is 8.56. The summed E-state index contributed by atoms with van der Waals surface area (Å²) in [5.74, 6) is 0. The summed E-state index contributed by atoms with van der Waals surface area (Å²) in [4.78, 5) is 0. The molecule has 0 unspecified atom stereocenters. The van der Waals surface area contributed by atoms with Crippen LogP contribution < -0.4 is 0 Å². The second-order valence-electron chi connectivity index (χ2n) is 2.14. The van der Waals surface area contributed by atoms with Crippen molar-refractivity contribution >= 4 is 5.71 Å². The molecule has 1 nitrogen and oxygen atoms in total. The summed E-state index contributed by atoms with van der Waals surface area (Å²) in [6, 6.07) is 0. The fraction of sp³-hybridized carbons (Fsp3) is 0.375. The summed E-state index contributed by atoms with van der Waals surface area (Å²) >= 11 is 0. The van der Waals surface area contributed by atoms with Crippen molar-refractivity contribution < 1.29 is 0 Å². The van der Waals surface area contributed by atoms with Gasteiger partial charge in [0.25, 0.3) is 0 Å². The molecule has 50 valence electrons. The molecule has 0 aliphatic rings. The first-order valence-corrected chi connectivity index (χ1v) is 3.01. The molecule has 0 amide bonds. The third-order valence-corrected chi connectivity index (χ3v) is 1.11. The highest BCUT2D eigenvalue weighted by atomic mass is 14.4. The number of hydrogen-bond acceptors (Lipinski definition) is 1. The van der Waals surface area contributed by atoms with Gasteiger partial charge in [-0.2, -0.15) is 0 Å². The van der Waals surface area contributed by atoms with Gasteiger partial charge in [0.05, 0.1) is 0 Å². The smallest absolute Gasteiger partial charge is 0.00615 e. The van der Waals surface area contributed by atoms with Crippen molar-refractivity contribution in [2.75, 3.05) is 0 Å². The van der Waals surface area contributed by atoms with E-state index >= 15 is 0 Å². The van der Waals surface area contributed by atoms with Gasteiger partial charge in [-0.25, -0.2) is 0 Å². The fourth-order valence-electron chi connectivity index (χ4n) is 0.450. The first-order chi connectivity index (χ1) is 4.16. The summed E-state index contributed by atoms with van der Waals surface area (Å²) in [7, 11) is 0. The molecule has 0 bridgehead atoms. The van der Waals surface area contributed by atoms with Crippen molar-refractivity contribution in [3.8, 4) is 0 Å². The average Bonchev–Trinajstić information content (AvgIpc) is 1.83. The van der Waals surface area contributed by atoms with E-state index in [4.69, 9.17) is 5.41 Å². The lowest BCUT2D eigenvalue weighted by atomic mass is 10.1. The van der Waals surface area contributed by atoms with E-state index in [0.717, 1.165) is 18.4 Å². The minimum absolute atomic E-state index is 0.706. The van der Waals surface area contributed by atoms with Crippen molar-refractivity contribution in [1.82, 2.24) is 0 Å². The van der Waals surface area contributed by atoms with E-state index in [-0.39, 0.29) is 0 Å². The Morgan fingerprint density at radius 2 is 2.11 bits per heavy atom. The van der Waals surface area contributed by atoms with E-state index < -0.39 is 0 Å². The predicted octanol–water partition coefficient (Wildman–Crippen LogP) is 2.55. The van der Waals surface area contributed by atoms with Gasteiger partial charge in [0, 0.05) is 5.71 Å². The largest absolute Gasteiger partial charge is 0.310 e. The Bertz CT molecular complexity index is 134. The SMILES string of the molecule is C=CC(=C)CCC(C)=N. The molecule has 0 aliphatic heterocycles. The monoisotopic (exact) mass is 123 g/mol. The highest BCUT2D eigenvalue weighted by Crippen LogP contribution is 2.02. The Balaban J connectivity index is 3.39. The van der Waals surface area contributed by atoms with Crippen LogP contribution in [0.25, 0.3) is 0 Å². The Hall–Kier alpha value is -0.850. The van der Waals surface area contributed by atoms with E-state index in [1.54, 1.807) is 13.0 Å². The van der Waals surface area contributed by atoms with Crippen LogP contribution >= 0.6 is 0 Å². The van der Waals surface area contributed by atoms with Crippen LogP contribution in [0, 0.1) is 5.41 Å². The molecule has 0 aliphatic carbocycles. The second kappa shape index (κ2) is 4.07. The topological polar surface area (TPSA) is 23.9 Å². The number of hydrogen-bond donors (Lipinski definition) is 1. The van der Waals surface area contributed by atoms with E-state index in [2.05, 4.69) is 13.2 Å². The van der Waals surface area contributed by atoms with Gasteiger partial charge >= 0.3 is 0 Å². The third kappa shape index (κ3) is 5.01. The van der Waals surface area contributed by atoms with Gasteiger partial charge in [0.1, 0.15) is 0 Å². The number of rotatable bonds is 4. The van der Waals surface area contributed by atoms with Crippen LogP contribution in [-0.2, 0) is 0 Å². The molecule has 9 heavy (non-hydrogen) atoms. The highest BCUT2D eigenvalue weighted by molar-refractivity contribution is 5.78. The highest BCUT2D eigenvalue weighted by Gasteiger charge is 1.89. The molecule has 0 aromatic heterocycles. The molecule has 0 fully saturated rings. The maximum Gasteiger partial charge on any atom is 0.00615 e. The van der Waals surface area contributed by atoms with E-state index in [1.165, 1.54) is 0 Å². The van der Waals surface area contributed by atoms with E-state index in [9.17, 15) is 0 Å². The van der Waals surface area contributed by atoms with E-state index in [0.29, 0.717) is 5.71 Å². The van der Waals surface area contributed by atoms with Crippen molar-refractivity contribution in [3.63, 3.8) is 0 Å². The summed E-state index contributed by atoms with van der Waals surface area (Å²) in [6.45, 7) is 9.10. The van der Waals surface area contributed by atoms with Crippen LogP contribution in [0.15, 0.2) is 24.8 Å². The molecular weight excluding hydrogens is 110 g/mol. The third-order valence-electron chi connectivity index (χ3n) is 1.11. The van der Waals surface area contributed by atoms with Crippen LogP contribution in [0.5, 0.6) is 0 Å². The van der Waals surface area contributed by atoms with Crippen molar-refractivity contribution in [1.29, 1.82) is 5.41 Å². The fourth-order valence-corrected chi connectivity index (χ4v) is 0.450. The van der Waals surface area contributed by atoms with Crippen LogP contribution in [0.2, 0.25) is 0 Å². The van der Waals surface area contributed by atoms with Gasteiger partial charge in [-0.1, -0.05) is 24.8 Å². The van der Waals surface area contributed by atoms with Gasteiger partial charge in [-0.3, -0.25) is 0 Å². The molecule has 0 aromatic carbocycles. The minimum atomic E-state index is 0.706. The summed E-state index contributed by atoms with van der Waals surface area (Å²) < 4.78 is 0. The van der Waals surface area contributed by atoms with Crippen LogP contribution in [0.4, 0.5) is 0 Å². The molecule has 0 radical (unpaired) electrons. The van der Waals surface area contributed by atoms with Gasteiger partial charge in [-0.15, -0.1) is 0 Å². The van der Waals surface area contributed by atoms with Gasteiger partial charge in [0.15, 0.2) is 0 Å². The predicted molar refractivity (Wildman–Crippen MR) is 42.0 cm³/mol. The van der Waals surface area contributed by atoms with E-state index in [1.807, 2.05) is 0 Å². The molecule has 0 saturated carbocycles. The molecule has 0 heterocycles. The maximum absolute atomic E-state index is 7.09. The van der Waals surface area contributed by atoms with Crippen LogP contribution in [0.1, 0.15) is 19.8 Å². The lowest BCUT2D eigenvalue weighted by Gasteiger charge is -1.95. The minimum Gasteiger partial charge on any atom is -0.310 e. The second-order valence-corrected chi connectivity index (χ2v) is 2.14. The first-order valence-electron chi connectivity index (χ1n) is 3.01. The molecule has 1 N–H and O–H groups in total. The number of nitrogens with one attached hydrogen (secondary N) is 1. The first kappa shape index (κ1) is 8.15. The standard InChI is InChI=1S/C8H13N/c1-4-7(2)5-6-8(3)9/h4,9H,1-2,5-6H2,3H3. The maximum atomic E-state index is 7.09. The summed E-state index contributed by atoms with van der Waals surface area (Å²) in [5.41, 5.74) is 1.72. The zero-order chi connectivity index (χ0) is 7.28. The molecule has 0 saturated heterocycles. The Morgan fingerprint density at radius 3 is 2.44 bits per heavy atom. The Labute approximate surface area is 56.6 Å². The zero-order valence-corrected chi connectivity index (χ0v) is 5.91. The Morgan fingerprint density at radius 1 is 1.56 bits per heavy atom. The molecule has 0 rings (SSSR count). The van der Waals surface area contributed by atoms with Gasteiger partial charge in [0.2, 0.25) is 0 Å². The Kier molecular flexibility index (Phi) is 3.69. The summed E-state index contributed by atoms with van der Waals surface area (Å²) in [6.07, 6.45) is 3.42. The molecule has 0 atom stereocenters. The molecular formula is C8H13N. The molecule has 0 spiro atoms. The van der Waals surface area contributed by atoms with Crippen molar-refractivity contribution in [2.24, 2.45) is 0 Å². The zero-order valence-electron chi connectivity index (χ0n) is 5.91. The lowest BCUT2D eigenvalue weighted by Crippen LogP contribution is -1.87. The molecule has 0 aromatic rings. The lowest BCUT2D eigenvalue weighted by molar-refractivity contribution is 1.04. The van der Waals surface area contributed by atoms with Gasteiger partial charge < -0.3 is 5.41 Å². The van der Waals surface area contributed by atoms with Crippen LogP contribution in [0.3, 0.4) is 0 Å². The van der Waals surface area contributed by atoms with Crippen molar-refractivity contribution in [3.05, 3.63) is 24.8 Å². The quantitative estimate of drug-likeness (QED) is 0.439. The number of allylic oxidation sites excluding steroid dienone is 2. The summed E-state index contributed by atoms with van der Waals surface area (Å²) in [5, 5.41) is 7.09. The average molecular weight is 123 g/mol. The van der Waals surface area contributed by atoms with Crippen LogP contribution in [-0.4, -0.2) is 5.71 Å².